The highest BCUT2D eigenvalue weighted by Crippen LogP contribution is 2.46. The number of fused-ring (bicyclic) bond motifs is 1. The largest absolute Gasteiger partial charge is 0.497 e. The van der Waals surface area contributed by atoms with Crippen LogP contribution in [0.5, 0.6) is 5.75 Å². The van der Waals surface area contributed by atoms with Crippen molar-refractivity contribution in [3.63, 3.8) is 0 Å². The lowest BCUT2D eigenvalue weighted by Gasteiger charge is -2.33. The number of benzene rings is 1. The second kappa shape index (κ2) is 11.2. The van der Waals surface area contributed by atoms with E-state index < -0.39 is 43.6 Å². The summed E-state index contributed by atoms with van der Waals surface area (Å²) in [5.74, 6) is -1.08. The SMILES string of the molecule is COc1cccc([C@@H](NP(=O)(COC(C)Cn2cnc3c(N)ncnc32)NC(C)(C)C(=O)O)C(F)(F)F)c1. The zero-order valence-electron chi connectivity index (χ0n) is 21.1. The number of rotatable bonds is 12. The second-order valence-corrected chi connectivity index (χ2v) is 11.3. The molecule has 0 saturated carbocycles. The van der Waals surface area contributed by atoms with Gasteiger partial charge in [-0.15, -0.1) is 0 Å². The number of imidazole rings is 1. The number of nitrogens with zero attached hydrogens (tertiary/aromatic N) is 4. The van der Waals surface area contributed by atoms with Gasteiger partial charge in [-0.3, -0.25) is 9.36 Å². The normalized spacial score (nSPS) is 15.7. The Kier molecular flexibility index (Phi) is 8.66. The van der Waals surface area contributed by atoms with Crippen LogP contribution in [0.25, 0.3) is 11.2 Å². The Morgan fingerprint density at radius 2 is 1.97 bits per heavy atom. The lowest BCUT2D eigenvalue weighted by molar-refractivity contribution is -0.153. The Bertz CT molecular complexity index is 1330. The van der Waals surface area contributed by atoms with Crippen LogP contribution >= 0.6 is 7.44 Å². The molecule has 38 heavy (non-hydrogen) atoms. The summed E-state index contributed by atoms with van der Waals surface area (Å²) in [7, 11) is -3.07. The number of aromatic nitrogens is 4. The van der Waals surface area contributed by atoms with Crippen LogP contribution in [0.4, 0.5) is 19.0 Å². The highest BCUT2D eigenvalue weighted by Gasteiger charge is 2.47. The molecule has 0 fully saturated rings. The molecule has 0 saturated heterocycles. The number of halogens is 3. The minimum absolute atomic E-state index is 0.133. The fourth-order valence-corrected chi connectivity index (χ4v) is 5.94. The molecule has 1 aromatic carbocycles. The first kappa shape index (κ1) is 29.3. The minimum atomic E-state index is -4.89. The summed E-state index contributed by atoms with van der Waals surface area (Å²) in [6.45, 7) is 4.10. The summed E-state index contributed by atoms with van der Waals surface area (Å²) in [5, 5.41) is 14.0. The summed E-state index contributed by atoms with van der Waals surface area (Å²) in [5.41, 5.74) is 4.44. The third-order valence-electron chi connectivity index (χ3n) is 5.51. The first-order chi connectivity index (χ1) is 17.6. The summed E-state index contributed by atoms with van der Waals surface area (Å²) < 4.78 is 68.6. The topological polar surface area (TPSA) is 167 Å². The van der Waals surface area contributed by atoms with Crippen LogP contribution in [0.1, 0.15) is 32.4 Å². The number of carboxylic acid groups (broad SMARTS) is 1. The van der Waals surface area contributed by atoms with E-state index in [1.807, 2.05) is 0 Å². The van der Waals surface area contributed by atoms with Crippen LogP contribution in [0.2, 0.25) is 0 Å². The summed E-state index contributed by atoms with van der Waals surface area (Å²) in [6.07, 6.45) is -3.65. The third-order valence-corrected chi connectivity index (χ3v) is 7.62. The van der Waals surface area contributed by atoms with Gasteiger partial charge in [-0.25, -0.2) is 25.1 Å². The molecule has 2 heterocycles. The van der Waals surface area contributed by atoms with Gasteiger partial charge >= 0.3 is 12.1 Å². The van der Waals surface area contributed by atoms with E-state index in [0.29, 0.717) is 11.2 Å². The van der Waals surface area contributed by atoms with E-state index in [2.05, 4.69) is 25.1 Å². The lowest BCUT2D eigenvalue weighted by atomic mass is 10.1. The molecule has 2 unspecified atom stereocenters. The quantitative estimate of drug-likeness (QED) is 0.240. The smallest absolute Gasteiger partial charge is 0.408 e. The molecular weight excluding hydrogens is 530 g/mol. The number of ether oxygens (including phenoxy) is 2. The number of aliphatic carboxylic acids is 1. The number of nitrogens with two attached hydrogens (primary N) is 1. The van der Waals surface area contributed by atoms with Crippen molar-refractivity contribution in [3.05, 3.63) is 42.5 Å². The number of nitrogens with one attached hydrogen (secondary N) is 2. The summed E-state index contributed by atoms with van der Waals surface area (Å²) in [6, 6.07) is 2.75. The molecule has 12 nitrogen and oxygen atoms in total. The van der Waals surface area contributed by atoms with Gasteiger partial charge < -0.3 is 24.9 Å². The van der Waals surface area contributed by atoms with E-state index in [9.17, 15) is 27.6 Å². The maximum atomic E-state index is 14.2. The molecule has 3 aromatic rings. The molecule has 16 heteroatoms. The molecule has 0 aliphatic rings. The van der Waals surface area contributed by atoms with Gasteiger partial charge in [0.1, 0.15) is 35.5 Å². The van der Waals surface area contributed by atoms with Gasteiger partial charge in [-0.1, -0.05) is 12.1 Å². The van der Waals surface area contributed by atoms with Crippen molar-refractivity contribution in [2.75, 3.05) is 19.2 Å². The van der Waals surface area contributed by atoms with E-state index >= 15 is 0 Å². The summed E-state index contributed by atoms with van der Waals surface area (Å²) >= 11 is 0. The molecule has 0 spiro atoms. The van der Waals surface area contributed by atoms with Crippen molar-refractivity contribution in [1.29, 1.82) is 0 Å². The third kappa shape index (κ3) is 6.98. The molecule has 2 aromatic heterocycles. The highest BCUT2D eigenvalue weighted by molar-refractivity contribution is 7.59. The number of hydrogen-bond acceptors (Lipinski definition) is 8. The molecule has 0 aliphatic heterocycles. The Hall–Kier alpha value is -3.26. The fraction of sp³-hybridized carbons (Fsp3) is 0.455. The van der Waals surface area contributed by atoms with E-state index in [1.54, 1.807) is 11.5 Å². The number of methoxy groups -OCH3 is 1. The number of carbonyl (C=O) groups is 1. The Morgan fingerprint density at radius 3 is 2.61 bits per heavy atom. The number of anilines is 1. The van der Waals surface area contributed by atoms with Crippen molar-refractivity contribution >= 4 is 30.4 Å². The molecular formula is C22H29F3N7O5P. The van der Waals surface area contributed by atoms with E-state index in [0.717, 1.165) is 6.07 Å². The molecule has 0 radical (unpaired) electrons. The van der Waals surface area contributed by atoms with Gasteiger partial charge in [0.25, 0.3) is 0 Å². The van der Waals surface area contributed by atoms with Crippen molar-refractivity contribution in [2.45, 2.75) is 51.2 Å². The van der Waals surface area contributed by atoms with E-state index in [4.69, 9.17) is 15.2 Å². The number of alkyl halides is 3. The average molecular weight is 559 g/mol. The van der Waals surface area contributed by atoms with Crippen molar-refractivity contribution < 1.29 is 37.1 Å². The standard InChI is InChI=1S/C22H29F3N7O5P/c1-13(9-32-11-29-16-18(26)27-10-28-19(16)32)37-12-38(35,31-21(2,3)20(33)34)30-17(22(23,24)25)14-6-5-7-15(8-14)36-4/h5-8,10-11,13,17H,9,12H2,1-4H3,(H,33,34)(H2,26,27,28)(H2,30,31,35)/t13?,17-,38?/m1/s1. The molecule has 0 bridgehead atoms. The van der Waals surface area contributed by atoms with E-state index in [1.165, 1.54) is 51.8 Å². The van der Waals surface area contributed by atoms with Crippen molar-refractivity contribution in [3.8, 4) is 5.75 Å². The molecule has 208 valence electrons. The summed E-state index contributed by atoms with van der Waals surface area (Å²) in [4.78, 5) is 23.8. The maximum absolute atomic E-state index is 14.2. The second-order valence-electron chi connectivity index (χ2n) is 9.10. The minimum Gasteiger partial charge on any atom is -0.497 e. The van der Waals surface area contributed by atoms with Crippen LogP contribution in [-0.2, 0) is 20.6 Å². The van der Waals surface area contributed by atoms with Crippen LogP contribution in [0.3, 0.4) is 0 Å². The lowest BCUT2D eigenvalue weighted by Crippen LogP contribution is -2.49. The fourth-order valence-electron chi connectivity index (χ4n) is 3.56. The first-order valence-corrected chi connectivity index (χ1v) is 13.2. The zero-order chi connectivity index (χ0) is 28.3. The molecule has 3 atom stereocenters. The predicted octanol–water partition coefficient (Wildman–Crippen LogP) is 3.32. The van der Waals surface area contributed by atoms with Crippen LogP contribution in [0, 0.1) is 0 Å². The Labute approximate surface area is 216 Å². The van der Waals surface area contributed by atoms with E-state index in [-0.39, 0.29) is 23.7 Å². The van der Waals surface area contributed by atoms with Crippen molar-refractivity contribution in [2.24, 2.45) is 0 Å². The van der Waals surface area contributed by atoms with Crippen LogP contribution in [-0.4, -0.2) is 61.9 Å². The highest BCUT2D eigenvalue weighted by atomic mass is 31.2. The number of hydrogen-bond donors (Lipinski definition) is 4. The Balaban J connectivity index is 1.87. The molecule has 0 aliphatic carbocycles. The Morgan fingerprint density at radius 1 is 1.26 bits per heavy atom. The first-order valence-electron chi connectivity index (χ1n) is 11.3. The molecule has 0 amide bonds. The predicted molar refractivity (Wildman–Crippen MR) is 133 cm³/mol. The van der Waals surface area contributed by atoms with Gasteiger partial charge in [0.15, 0.2) is 11.5 Å². The molecule has 5 N–H and O–H groups in total. The van der Waals surface area contributed by atoms with Gasteiger partial charge in [-0.05, 0) is 38.5 Å². The van der Waals surface area contributed by atoms with Gasteiger partial charge in [0.05, 0.1) is 26.1 Å². The van der Waals surface area contributed by atoms with Crippen LogP contribution in [0.15, 0.2) is 36.9 Å². The average Bonchev–Trinajstić information content (AvgIpc) is 3.24. The number of nitrogen functional groups attached to an aromatic ring is 1. The number of carboxylic acids is 1. The maximum Gasteiger partial charge on any atom is 0.408 e. The van der Waals surface area contributed by atoms with Gasteiger partial charge in [-0.2, -0.15) is 13.2 Å². The monoisotopic (exact) mass is 559 g/mol. The van der Waals surface area contributed by atoms with Gasteiger partial charge in [0.2, 0.25) is 7.44 Å². The van der Waals surface area contributed by atoms with Gasteiger partial charge in [0, 0.05) is 0 Å². The molecule has 3 rings (SSSR count). The van der Waals surface area contributed by atoms with Crippen molar-refractivity contribution in [1.82, 2.24) is 29.7 Å². The van der Waals surface area contributed by atoms with Crippen LogP contribution < -0.4 is 20.6 Å². The zero-order valence-corrected chi connectivity index (χ0v) is 22.0.